The van der Waals surface area contributed by atoms with Crippen molar-refractivity contribution in [2.75, 3.05) is 12.0 Å². The summed E-state index contributed by atoms with van der Waals surface area (Å²) >= 11 is 0. The van der Waals surface area contributed by atoms with E-state index >= 15 is 0 Å². The van der Waals surface area contributed by atoms with Crippen molar-refractivity contribution in [3.05, 3.63) is 37.1 Å². The molecule has 9 heteroatoms. The highest BCUT2D eigenvalue weighted by molar-refractivity contribution is 7.89. The van der Waals surface area contributed by atoms with Crippen molar-refractivity contribution in [2.24, 2.45) is 5.84 Å². The SMILES string of the molecule is NNc1ccc(S(=O)(=O)NCCCCn2ccnc2)cn1. The molecule has 2 aromatic rings. The van der Waals surface area contributed by atoms with Gasteiger partial charge in [0.25, 0.3) is 0 Å². The average molecular weight is 310 g/mol. The molecule has 4 N–H and O–H groups in total. The molecule has 0 radical (unpaired) electrons. The lowest BCUT2D eigenvalue weighted by atomic mass is 10.3. The highest BCUT2D eigenvalue weighted by Gasteiger charge is 2.13. The molecule has 0 atom stereocenters. The number of anilines is 1. The Morgan fingerprint density at radius 1 is 1.29 bits per heavy atom. The summed E-state index contributed by atoms with van der Waals surface area (Å²) in [6, 6.07) is 2.96. The van der Waals surface area contributed by atoms with E-state index in [2.05, 4.69) is 20.1 Å². The van der Waals surface area contributed by atoms with Crippen LogP contribution in [0.5, 0.6) is 0 Å². The normalized spacial score (nSPS) is 11.5. The molecule has 0 aliphatic rings. The number of nitrogens with one attached hydrogen (secondary N) is 2. The van der Waals surface area contributed by atoms with Gasteiger partial charge in [-0.3, -0.25) is 0 Å². The molecule has 0 saturated heterocycles. The molecule has 2 aromatic heterocycles. The lowest BCUT2D eigenvalue weighted by Crippen LogP contribution is -2.25. The van der Waals surface area contributed by atoms with Crippen molar-refractivity contribution < 1.29 is 8.42 Å². The molecule has 2 heterocycles. The molecule has 0 aliphatic heterocycles. The minimum absolute atomic E-state index is 0.121. The zero-order valence-electron chi connectivity index (χ0n) is 11.4. The lowest BCUT2D eigenvalue weighted by molar-refractivity contribution is 0.566. The Kier molecular flexibility index (Phi) is 5.26. The maximum absolute atomic E-state index is 12.0. The Bertz CT molecular complexity index is 639. The first-order valence-corrected chi connectivity index (χ1v) is 7.98. The van der Waals surface area contributed by atoms with Crippen molar-refractivity contribution in [3.63, 3.8) is 0 Å². The van der Waals surface area contributed by atoms with E-state index in [0.717, 1.165) is 19.4 Å². The van der Waals surface area contributed by atoms with Crippen molar-refractivity contribution in [2.45, 2.75) is 24.3 Å². The second-order valence-corrected chi connectivity index (χ2v) is 6.20. The molecule has 0 amide bonds. The molecule has 0 unspecified atom stereocenters. The van der Waals surface area contributed by atoms with Gasteiger partial charge in [-0.05, 0) is 25.0 Å². The molecule has 0 spiro atoms. The molecule has 114 valence electrons. The average Bonchev–Trinajstić information content (AvgIpc) is 3.00. The van der Waals surface area contributed by atoms with Crippen LogP contribution >= 0.6 is 0 Å². The van der Waals surface area contributed by atoms with Crippen LogP contribution in [-0.4, -0.2) is 29.5 Å². The van der Waals surface area contributed by atoms with E-state index in [0.29, 0.717) is 12.4 Å². The van der Waals surface area contributed by atoms with Gasteiger partial charge in [0.05, 0.1) is 6.33 Å². The topological polar surface area (TPSA) is 115 Å². The van der Waals surface area contributed by atoms with Crippen LogP contribution in [0.15, 0.2) is 41.9 Å². The summed E-state index contributed by atoms with van der Waals surface area (Å²) in [6.07, 6.45) is 8.21. The molecule has 0 aliphatic carbocycles. The Morgan fingerprint density at radius 3 is 2.76 bits per heavy atom. The molecule has 8 nitrogen and oxygen atoms in total. The number of rotatable bonds is 8. The molecule has 0 aromatic carbocycles. The Hall–Kier alpha value is -1.97. The van der Waals surface area contributed by atoms with Crippen LogP contribution < -0.4 is 16.0 Å². The Labute approximate surface area is 123 Å². The van der Waals surface area contributed by atoms with Gasteiger partial charge in [-0.1, -0.05) is 0 Å². The first-order chi connectivity index (χ1) is 10.1. The summed E-state index contributed by atoms with van der Waals surface area (Å²) in [4.78, 5) is 7.94. The third-order valence-electron chi connectivity index (χ3n) is 2.89. The van der Waals surface area contributed by atoms with Crippen LogP contribution in [0.2, 0.25) is 0 Å². The summed E-state index contributed by atoms with van der Waals surface area (Å²) in [6.45, 7) is 1.20. The van der Waals surface area contributed by atoms with Crippen molar-refractivity contribution in [1.29, 1.82) is 0 Å². The quantitative estimate of drug-likeness (QED) is 0.367. The number of nitrogen functional groups attached to an aromatic ring is 1. The number of nitrogens with zero attached hydrogens (tertiary/aromatic N) is 3. The van der Waals surface area contributed by atoms with E-state index in [4.69, 9.17) is 5.84 Å². The number of unbranched alkanes of at least 4 members (excludes halogenated alkanes) is 1. The van der Waals surface area contributed by atoms with Crippen LogP contribution in [0.1, 0.15) is 12.8 Å². The molecule has 21 heavy (non-hydrogen) atoms. The Morgan fingerprint density at radius 2 is 2.14 bits per heavy atom. The second kappa shape index (κ2) is 7.16. The van der Waals surface area contributed by atoms with Gasteiger partial charge in [0.1, 0.15) is 10.7 Å². The predicted octanol–water partition coefficient (Wildman–Crippen LogP) is 0.322. The van der Waals surface area contributed by atoms with Crippen LogP contribution in [0.4, 0.5) is 5.82 Å². The number of sulfonamides is 1. The first kappa shape index (κ1) is 15.4. The van der Waals surface area contributed by atoms with E-state index in [9.17, 15) is 8.42 Å². The van der Waals surface area contributed by atoms with Gasteiger partial charge in [0.15, 0.2) is 0 Å². The summed E-state index contributed by atoms with van der Waals surface area (Å²) in [5, 5.41) is 0. The molecule has 0 saturated carbocycles. The summed E-state index contributed by atoms with van der Waals surface area (Å²) in [5.74, 6) is 5.59. The van der Waals surface area contributed by atoms with Gasteiger partial charge in [-0.25, -0.2) is 29.0 Å². The third kappa shape index (κ3) is 4.52. The fourth-order valence-electron chi connectivity index (χ4n) is 1.75. The highest BCUT2D eigenvalue weighted by Crippen LogP contribution is 2.09. The monoisotopic (exact) mass is 310 g/mol. The number of pyridine rings is 1. The second-order valence-electron chi connectivity index (χ2n) is 4.43. The highest BCUT2D eigenvalue weighted by atomic mass is 32.2. The minimum Gasteiger partial charge on any atom is -0.337 e. The van der Waals surface area contributed by atoms with Crippen LogP contribution in [0.3, 0.4) is 0 Å². The third-order valence-corrected chi connectivity index (χ3v) is 4.34. The van der Waals surface area contributed by atoms with Crippen molar-refractivity contribution in [1.82, 2.24) is 19.3 Å². The molecule has 0 bridgehead atoms. The fourth-order valence-corrected chi connectivity index (χ4v) is 2.77. The number of hydrogen-bond acceptors (Lipinski definition) is 6. The lowest BCUT2D eigenvalue weighted by Gasteiger charge is -2.07. The number of aromatic nitrogens is 3. The maximum Gasteiger partial charge on any atom is 0.242 e. The van der Waals surface area contributed by atoms with Gasteiger partial charge in [-0.15, -0.1) is 0 Å². The van der Waals surface area contributed by atoms with E-state index in [1.165, 1.54) is 18.3 Å². The predicted molar refractivity (Wildman–Crippen MR) is 78.7 cm³/mol. The largest absolute Gasteiger partial charge is 0.337 e. The standard InChI is InChI=1S/C12H18N6O2S/c13-17-12-4-3-11(9-15-12)21(19,20)16-5-1-2-7-18-8-6-14-10-18/h3-4,6,8-10,16H,1-2,5,7,13H2,(H,15,17). The molecule has 0 fully saturated rings. The number of nitrogens with two attached hydrogens (primary N) is 1. The van der Waals surface area contributed by atoms with Gasteiger partial charge in [-0.2, -0.15) is 0 Å². The minimum atomic E-state index is -3.52. The zero-order valence-corrected chi connectivity index (χ0v) is 12.3. The van der Waals surface area contributed by atoms with Gasteiger partial charge in [0, 0.05) is 31.7 Å². The molecule has 2 rings (SSSR count). The number of imidazole rings is 1. The smallest absolute Gasteiger partial charge is 0.242 e. The van der Waals surface area contributed by atoms with Crippen LogP contribution in [0, 0.1) is 0 Å². The number of aryl methyl sites for hydroxylation is 1. The summed E-state index contributed by atoms with van der Waals surface area (Å²) < 4.78 is 28.5. The van der Waals surface area contributed by atoms with E-state index in [1.807, 2.05) is 10.8 Å². The maximum atomic E-state index is 12.0. The number of hydrogen-bond donors (Lipinski definition) is 3. The fraction of sp³-hybridized carbons (Fsp3) is 0.333. The first-order valence-electron chi connectivity index (χ1n) is 6.50. The molecular weight excluding hydrogens is 292 g/mol. The Balaban J connectivity index is 1.78. The van der Waals surface area contributed by atoms with Crippen LogP contribution in [0.25, 0.3) is 0 Å². The van der Waals surface area contributed by atoms with Crippen molar-refractivity contribution >= 4 is 15.8 Å². The van der Waals surface area contributed by atoms with Gasteiger partial charge in [0.2, 0.25) is 10.0 Å². The molecular formula is C12H18N6O2S. The van der Waals surface area contributed by atoms with Crippen LogP contribution in [-0.2, 0) is 16.6 Å². The van der Waals surface area contributed by atoms with E-state index in [-0.39, 0.29) is 4.90 Å². The van der Waals surface area contributed by atoms with E-state index in [1.54, 1.807) is 12.5 Å². The van der Waals surface area contributed by atoms with E-state index < -0.39 is 10.0 Å². The summed E-state index contributed by atoms with van der Waals surface area (Å²) in [7, 11) is -3.52. The van der Waals surface area contributed by atoms with Gasteiger partial charge >= 0.3 is 0 Å². The van der Waals surface area contributed by atoms with Gasteiger partial charge < -0.3 is 9.99 Å². The summed E-state index contributed by atoms with van der Waals surface area (Å²) in [5.41, 5.74) is 2.35. The number of hydrazine groups is 1. The van der Waals surface area contributed by atoms with Crippen molar-refractivity contribution in [3.8, 4) is 0 Å². The zero-order chi connectivity index (χ0) is 15.1.